The fraction of sp³-hybridized carbons (Fsp3) is 0.481. The van der Waals surface area contributed by atoms with Gasteiger partial charge in [0.2, 0.25) is 0 Å². The fourth-order valence-electron chi connectivity index (χ4n) is 5.36. The molecule has 0 aromatic heterocycles. The zero-order valence-corrected chi connectivity index (χ0v) is 18.0. The Morgan fingerprint density at radius 3 is 2.33 bits per heavy atom. The zero-order chi connectivity index (χ0) is 21.3. The first-order valence-electron chi connectivity index (χ1n) is 11.5. The molecule has 0 radical (unpaired) electrons. The van der Waals surface area contributed by atoms with Gasteiger partial charge in [0.1, 0.15) is 5.82 Å². The maximum absolute atomic E-state index is 14.9. The summed E-state index contributed by atoms with van der Waals surface area (Å²) in [5.74, 6) is -0.822. The SMILES string of the molecule is CCCC1CCC(C2=Cc3cc(F)c(-c4ccc(CC)c(F)c4F)cc3CC2)CC1. The second kappa shape index (κ2) is 8.99. The van der Waals surface area contributed by atoms with Crippen molar-refractivity contribution in [1.29, 1.82) is 0 Å². The first-order chi connectivity index (χ1) is 14.5. The van der Waals surface area contributed by atoms with Gasteiger partial charge in [-0.1, -0.05) is 50.5 Å². The van der Waals surface area contributed by atoms with Crippen LogP contribution in [0.25, 0.3) is 17.2 Å². The maximum atomic E-state index is 14.9. The minimum atomic E-state index is -0.955. The molecule has 0 nitrogen and oxygen atoms in total. The highest BCUT2D eigenvalue weighted by Crippen LogP contribution is 2.40. The van der Waals surface area contributed by atoms with Gasteiger partial charge in [-0.15, -0.1) is 0 Å². The lowest BCUT2D eigenvalue weighted by Gasteiger charge is -2.32. The number of hydrogen-bond donors (Lipinski definition) is 0. The Balaban J connectivity index is 1.60. The average molecular weight is 413 g/mol. The summed E-state index contributed by atoms with van der Waals surface area (Å²) in [6.07, 6.45) is 12.0. The lowest BCUT2D eigenvalue weighted by Crippen LogP contribution is -2.18. The van der Waals surface area contributed by atoms with E-state index >= 15 is 0 Å². The predicted molar refractivity (Wildman–Crippen MR) is 118 cm³/mol. The van der Waals surface area contributed by atoms with Gasteiger partial charge in [-0.2, -0.15) is 0 Å². The van der Waals surface area contributed by atoms with Crippen LogP contribution in [0.3, 0.4) is 0 Å². The second-order valence-corrected chi connectivity index (χ2v) is 9.01. The summed E-state index contributed by atoms with van der Waals surface area (Å²) >= 11 is 0. The van der Waals surface area contributed by atoms with Gasteiger partial charge in [-0.05, 0) is 85.6 Å². The van der Waals surface area contributed by atoms with E-state index in [1.165, 1.54) is 56.2 Å². The summed E-state index contributed by atoms with van der Waals surface area (Å²) in [6.45, 7) is 4.03. The van der Waals surface area contributed by atoms with E-state index in [-0.39, 0.29) is 11.1 Å². The van der Waals surface area contributed by atoms with E-state index in [1.54, 1.807) is 19.1 Å². The van der Waals surface area contributed by atoms with Crippen LogP contribution in [-0.4, -0.2) is 0 Å². The molecule has 3 heteroatoms. The Kier molecular flexibility index (Phi) is 6.36. The summed E-state index contributed by atoms with van der Waals surface area (Å²) in [4.78, 5) is 0. The highest BCUT2D eigenvalue weighted by molar-refractivity contribution is 5.71. The van der Waals surface area contributed by atoms with E-state index in [9.17, 15) is 13.2 Å². The van der Waals surface area contributed by atoms with Crippen LogP contribution >= 0.6 is 0 Å². The van der Waals surface area contributed by atoms with Gasteiger partial charge in [0.25, 0.3) is 0 Å². The zero-order valence-electron chi connectivity index (χ0n) is 18.0. The van der Waals surface area contributed by atoms with Gasteiger partial charge in [0, 0.05) is 11.1 Å². The van der Waals surface area contributed by atoms with Gasteiger partial charge in [0.15, 0.2) is 11.6 Å². The molecule has 2 aromatic rings. The second-order valence-electron chi connectivity index (χ2n) is 9.01. The third kappa shape index (κ3) is 4.08. The Morgan fingerprint density at radius 2 is 1.63 bits per heavy atom. The molecule has 30 heavy (non-hydrogen) atoms. The molecule has 1 saturated carbocycles. The van der Waals surface area contributed by atoms with Crippen LogP contribution in [0.15, 0.2) is 29.8 Å². The van der Waals surface area contributed by atoms with Crippen molar-refractivity contribution in [3.63, 3.8) is 0 Å². The summed E-state index contributed by atoms with van der Waals surface area (Å²) in [5.41, 5.74) is 3.84. The van der Waals surface area contributed by atoms with E-state index in [4.69, 9.17) is 0 Å². The number of fused-ring (bicyclic) bond motifs is 1. The molecule has 0 amide bonds. The fourth-order valence-corrected chi connectivity index (χ4v) is 5.36. The maximum Gasteiger partial charge on any atom is 0.167 e. The van der Waals surface area contributed by atoms with Gasteiger partial charge < -0.3 is 0 Å². The molecule has 1 fully saturated rings. The van der Waals surface area contributed by atoms with E-state index in [2.05, 4.69) is 13.0 Å². The van der Waals surface area contributed by atoms with Crippen molar-refractivity contribution in [1.82, 2.24) is 0 Å². The van der Waals surface area contributed by atoms with Crippen LogP contribution in [-0.2, 0) is 12.8 Å². The third-order valence-corrected chi connectivity index (χ3v) is 7.15. The van der Waals surface area contributed by atoms with Crippen molar-refractivity contribution in [2.75, 3.05) is 0 Å². The molecule has 0 heterocycles. The molecule has 2 aromatic carbocycles. The van der Waals surface area contributed by atoms with Crippen LogP contribution in [0.5, 0.6) is 0 Å². The number of hydrogen-bond acceptors (Lipinski definition) is 0. The monoisotopic (exact) mass is 412 g/mol. The number of rotatable bonds is 5. The molecular weight excluding hydrogens is 381 g/mol. The molecule has 0 unspecified atom stereocenters. The standard InChI is InChI=1S/C27H31F3/c1-3-5-17-6-8-19(9-7-17)20-10-11-21-15-24(25(28)16-22(21)14-20)23-13-12-18(4-2)26(29)27(23)30/h12-17,19H,3-11H2,1-2H3. The molecule has 0 bridgehead atoms. The van der Waals surface area contributed by atoms with E-state index in [0.29, 0.717) is 17.9 Å². The molecule has 4 rings (SSSR count). The van der Waals surface area contributed by atoms with Crippen molar-refractivity contribution in [3.8, 4) is 11.1 Å². The summed E-state index contributed by atoms with van der Waals surface area (Å²) < 4.78 is 43.8. The van der Waals surface area contributed by atoms with Crippen molar-refractivity contribution >= 4 is 6.08 Å². The van der Waals surface area contributed by atoms with Crippen LogP contribution < -0.4 is 0 Å². The Morgan fingerprint density at radius 1 is 0.867 bits per heavy atom. The normalized spacial score (nSPS) is 21.3. The Bertz CT molecular complexity index is 949. The lowest BCUT2D eigenvalue weighted by molar-refractivity contribution is 0.283. The minimum absolute atomic E-state index is 0.00835. The van der Waals surface area contributed by atoms with Gasteiger partial charge in [-0.3, -0.25) is 0 Å². The summed E-state index contributed by atoms with van der Waals surface area (Å²) in [6, 6.07) is 6.29. The van der Waals surface area contributed by atoms with Gasteiger partial charge >= 0.3 is 0 Å². The van der Waals surface area contributed by atoms with Crippen LogP contribution in [0.2, 0.25) is 0 Å². The number of aryl methyl sites for hydroxylation is 2. The molecule has 0 saturated heterocycles. The van der Waals surface area contributed by atoms with Crippen molar-refractivity contribution in [2.45, 2.75) is 71.6 Å². The van der Waals surface area contributed by atoms with Crippen molar-refractivity contribution in [2.24, 2.45) is 11.8 Å². The van der Waals surface area contributed by atoms with Crippen LogP contribution in [0.4, 0.5) is 13.2 Å². The van der Waals surface area contributed by atoms with Crippen LogP contribution in [0, 0.1) is 29.3 Å². The number of allylic oxidation sites excluding steroid dienone is 1. The summed E-state index contributed by atoms with van der Waals surface area (Å²) in [5, 5.41) is 0. The molecule has 0 N–H and O–H groups in total. The molecule has 0 atom stereocenters. The van der Waals surface area contributed by atoms with Crippen molar-refractivity contribution < 1.29 is 13.2 Å². The predicted octanol–water partition coefficient (Wildman–Crippen LogP) is 8.27. The first kappa shape index (κ1) is 21.2. The summed E-state index contributed by atoms with van der Waals surface area (Å²) in [7, 11) is 0. The molecular formula is C27H31F3. The Labute approximate surface area is 178 Å². The number of halogens is 3. The average Bonchev–Trinajstić information content (AvgIpc) is 2.76. The van der Waals surface area contributed by atoms with Crippen LogP contribution in [0.1, 0.15) is 75.5 Å². The minimum Gasteiger partial charge on any atom is -0.206 e. The van der Waals surface area contributed by atoms with Gasteiger partial charge in [0.05, 0.1) is 0 Å². The molecule has 0 aliphatic heterocycles. The quantitative estimate of drug-likeness (QED) is 0.463. The molecule has 160 valence electrons. The van der Waals surface area contributed by atoms with Gasteiger partial charge in [-0.25, -0.2) is 13.2 Å². The van der Waals surface area contributed by atoms with Crippen molar-refractivity contribution in [3.05, 3.63) is 64.0 Å². The Hall–Kier alpha value is -2.03. The molecule has 2 aliphatic rings. The highest BCUT2D eigenvalue weighted by Gasteiger charge is 2.26. The molecule has 0 spiro atoms. The largest absolute Gasteiger partial charge is 0.206 e. The highest BCUT2D eigenvalue weighted by atomic mass is 19.2. The van der Waals surface area contributed by atoms with E-state index in [0.717, 1.165) is 29.9 Å². The topological polar surface area (TPSA) is 0 Å². The number of benzene rings is 2. The van der Waals surface area contributed by atoms with E-state index in [1.807, 2.05) is 0 Å². The lowest BCUT2D eigenvalue weighted by atomic mass is 9.74. The smallest absolute Gasteiger partial charge is 0.167 e. The molecule has 2 aliphatic carbocycles. The third-order valence-electron chi connectivity index (χ3n) is 7.15. The van der Waals surface area contributed by atoms with E-state index < -0.39 is 17.5 Å². The first-order valence-corrected chi connectivity index (χ1v) is 11.5.